The summed E-state index contributed by atoms with van der Waals surface area (Å²) < 4.78 is 4.58. The van der Waals surface area contributed by atoms with Crippen molar-refractivity contribution < 1.29 is 9.53 Å². The van der Waals surface area contributed by atoms with Crippen LogP contribution in [0.25, 0.3) is 0 Å². The lowest BCUT2D eigenvalue weighted by Crippen LogP contribution is -2.39. The number of esters is 1. The Hall–Kier alpha value is -1.26. The number of carbonyl (C=O) groups is 1. The average molecular weight is 269 g/mol. The number of hydrogen-bond donors (Lipinski definition) is 2. The highest BCUT2D eigenvalue weighted by Gasteiger charge is 2.11. The molecule has 5 heteroatoms. The molecule has 1 rings (SSSR count). The summed E-state index contributed by atoms with van der Waals surface area (Å²) in [6.45, 7) is 0.669. The minimum atomic E-state index is -0.159. The van der Waals surface area contributed by atoms with Crippen molar-refractivity contribution in [2.75, 3.05) is 13.7 Å². The van der Waals surface area contributed by atoms with E-state index in [-0.39, 0.29) is 5.97 Å². The second-order valence-corrected chi connectivity index (χ2v) is 5.13. The molecule has 0 saturated heterocycles. The van der Waals surface area contributed by atoms with Gasteiger partial charge in [0, 0.05) is 19.0 Å². The lowest BCUT2D eigenvalue weighted by atomic mass is 10.1. The molecule has 0 unspecified atom stereocenters. The van der Waals surface area contributed by atoms with E-state index >= 15 is 0 Å². The number of nitrogens with zero attached hydrogens (tertiary/aromatic N) is 1. The predicted molar refractivity (Wildman–Crippen MR) is 77.0 cm³/mol. The molecule has 0 spiro atoms. The Bertz CT molecular complexity index is 284. The lowest BCUT2D eigenvalue weighted by Gasteiger charge is -2.16. The van der Waals surface area contributed by atoms with E-state index in [1.165, 1.54) is 45.6 Å². The molecular formula is C14H27N3O2. The molecule has 1 saturated carbocycles. The average Bonchev–Trinajstić information content (AvgIpc) is 2.66. The van der Waals surface area contributed by atoms with Crippen LogP contribution in [0.4, 0.5) is 0 Å². The first kappa shape index (κ1) is 15.8. The molecule has 0 heterocycles. The number of methoxy groups -OCH3 is 1. The van der Waals surface area contributed by atoms with Crippen molar-refractivity contribution in [3.63, 3.8) is 0 Å². The summed E-state index contributed by atoms with van der Waals surface area (Å²) in [5.74, 6) is 0.388. The van der Waals surface area contributed by atoms with Crippen molar-refractivity contribution in [1.82, 2.24) is 5.32 Å². The van der Waals surface area contributed by atoms with Crippen molar-refractivity contribution in [3.05, 3.63) is 0 Å². The molecule has 0 amide bonds. The minimum absolute atomic E-state index is 0.159. The van der Waals surface area contributed by atoms with Gasteiger partial charge in [-0.15, -0.1) is 0 Å². The molecule has 0 aliphatic heterocycles. The minimum Gasteiger partial charge on any atom is -0.469 e. The number of aliphatic imine (C=N–C) groups is 1. The zero-order valence-corrected chi connectivity index (χ0v) is 12.0. The van der Waals surface area contributed by atoms with Crippen molar-refractivity contribution in [2.45, 2.75) is 63.8 Å². The smallest absolute Gasteiger partial charge is 0.305 e. The zero-order valence-electron chi connectivity index (χ0n) is 12.0. The first-order chi connectivity index (χ1) is 9.22. The van der Waals surface area contributed by atoms with Crippen LogP contribution in [0.1, 0.15) is 57.8 Å². The Balaban J connectivity index is 2.12. The molecule has 0 aromatic heterocycles. The van der Waals surface area contributed by atoms with Crippen molar-refractivity contribution in [1.29, 1.82) is 0 Å². The Kier molecular flexibility index (Phi) is 8.02. The summed E-state index contributed by atoms with van der Waals surface area (Å²) in [4.78, 5) is 15.2. The number of ether oxygens (including phenoxy) is 1. The van der Waals surface area contributed by atoms with Gasteiger partial charge in [-0.1, -0.05) is 25.7 Å². The van der Waals surface area contributed by atoms with Gasteiger partial charge >= 0.3 is 5.97 Å². The number of hydrogen-bond acceptors (Lipinski definition) is 3. The van der Waals surface area contributed by atoms with E-state index in [0.717, 1.165) is 12.8 Å². The number of unbranched alkanes of at least 4 members (excludes halogenated alkanes) is 1. The lowest BCUT2D eigenvalue weighted by molar-refractivity contribution is -0.140. The van der Waals surface area contributed by atoms with Crippen LogP contribution in [0.2, 0.25) is 0 Å². The van der Waals surface area contributed by atoms with E-state index in [0.29, 0.717) is 25.0 Å². The normalized spacial score (nSPS) is 17.8. The first-order valence-electron chi connectivity index (χ1n) is 7.35. The van der Waals surface area contributed by atoms with Gasteiger partial charge < -0.3 is 15.8 Å². The summed E-state index contributed by atoms with van der Waals surface area (Å²) in [5.41, 5.74) is 5.87. The maximum Gasteiger partial charge on any atom is 0.305 e. The van der Waals surface area contributed by atoms with Gasteiger partial charge in [-0.3, -0.25) is 9.79 Å². The van der Waals surface area contributed by atoms with Crippen LogP contribution in [-0.4, -0.2) is 31.6 Å². The number of rotatable bonds is 6. The van der Waals surface area contributed by atoms with Crippen LogP contribution in [0.5, 0.6) is 0 Å². The molecule has 0 radical (unpaired) electrons. The Morgan fingerprint density at radius 3 is 2.58 bits per heavy atom. The standard InChI is InChI=1S/C14H27N3O2/c1-19-13(18)10-6-7-11-16-14(15)17-12-8-4-2-3-5-9-12/h12H,2-11H2,1H3,(H3,15,16,17). The topological polar surface area (TPSA) is 76.7 Å². The van der Waals surface area contributed by atoms with Gasteiger partial charge in [0.05, 0.1) is 7.11 Å². The van der Waals surface area contributed by atoms with Gasteiger partial charge in [-0.25, -0.2) is 0 Å². The van der Waals surface area contributed by atoms with Crippen LogP contribution in [0.3, 0.4) is 0 Å². The highest BCUT2D eigenvalue weighted by Crippen LogP contribution is 2.16. The molecule has 0 aromatic rings. The summed E-state index contributed by atoms with van der Waals surface area (Å²) >= 11 is 0. The maximum atomic E-state index is 10.9. The third-order valence-electron chi connectivity index (χ3n) is 3.51. The van der Waals surface area contributed by atoms with E-state index in [9.17, 15) is 4.79 Å². The number of nitrogens with one attached hydrogen (secondary N) is 1. The molecule has 0 aromatic carbocycles. The van der Waals surface area contributed by atoms with Gasteiger partial charge in [0.25, 0.3) is 0 Å². The van der Waals surface area contributed by atoms with Crippen molar-refractivity contribution >= 4 is 11.9 Å². The highest BCUT2D eigenvalue weighted by atomic mass is 16.5. The van der Waals surface area contributed by atoms with Crippen LogP contribution in [0.15, 0.2) is 4.99 Å². The third kappa shape index (κ3) is 7.70. The fourth-order valence-electron chi connectivity index (χ4n) is 2.36. The summed E-state index contributed by atoms with van der Waals surface area (Å²) in [6, 6.07) is 0.487. The van der Waals surface area contributed by atoms with E-state index in [2.05, 4.69) is 15.0 Å². The molecule has 1 aliphatic rings. The Morgan fingerprint density at radius 2 is 1.95 bits per heavy atom. The number of nitrogens with two attached hydrogens (primary N) is 1. The summed E-state index contributed by atoms with van der Waals surface area (Å²) in [7, 11) is 1.41. The van der Waals surface area contributed by atoms with Gasteiger partial charge in [-0.05, 0) is 25.7 Å². The number of guanidine groups is 1. The van der Waals surface area contributed by atoms with Gasteiger partial charge in [0.15, 0.2) is 5.96 Å². The molecule has 19 heavy (non-hydrogen) atoms. The van der Waals surface area contributed by atoms with E-state index in [1.807, 2.05) is 0 Å². The van der Waals surface area contributed by atoms with Crippen LogP contribution >= 0.6 is 0 Å². The van der Waals surface area contributed by atoms with Crippen LogP contribution in [-0.2, 0) is 9.53 Å². The van der Waals surface area contributed by atoms with Crippen LogP contribution < -0.4 is 11.1 Å². The third-order valence-corrected chi connectivity index (χ3v) is 3.51. The number of carbonyl (C=O) groups excluding carboxylic acids is 1. The molecule has 0 atom stereocenters. The van der Waals surface area contributed by atoms with Crippen molar-refractivity contribution in [2.24, 2.45) is 10.7 Å². The fraction of sp³-hybridized carbons (Fsp3) is 0.857. The van der Waals surface area contributed by atoms with E-state index in [4.69, 9.17) is 5.73 Å². The van der Waals surface area contributed by atoms with Gasteiger partial charge in [-0.2, -0.15) is 0 Å². The van der Waals surface area contributed by atoms with Gasteiger partial charge in [0.2, 0.25) is 0 Å². The highest BCUT2D eigenvalue weighted by molar-refractivity contribution is 5.78. The van der Waals surface area contributed by atoms with Crippen molar-refractivity contribution in [3.8, 4) is 0 Å². The summed E-state index contributed by atoms with van der Waals surface area (Å²) in [5, 5.41) is 3.31. The molecule has 5 nitrogen and oxygen atoms in total. The molecule has 1 fully saturated rings. The maximum absolute atomic E-state index is 10.9. The first-order valence-corrected chi connectivity index (χ1v) is 7.35. The fourth-order valence-corrected chi connectivity index (χ4v) is 2.36. The van der Waals surface area contributed by atoms with E-state index in [1.54, 1.807) is 0 Å². The molecule has 0 bridgehead atoms. The summed E-state index contributed by atoms with van der Waals surface area (Å²) in [6.07, 6.45) is 9.74. The predicted octanol–water partition coefficient (Wildman–Crippen LogP) is 1.96. The monoisotopic (exact) mass is 269 g/mol. The molecule has 3 N–H and O–H groups in total. The van der Waals surface area contributed by atoms with Crippen LogP contribution in [0, 0.1) is 0 Å². The Morgan fingerprint density at radius 1 is 1.26 bits per heavy atom. The second kappa shape index (κ2) is 9.64. The Labute approximate surface area is 116 Å². The SMILES string of the molecule is COC(=O)CCCCN=C(N)NC1CCCCCC1. The largest absolute Gasteiger partial charge is 0.469 e. The van der Waals surface area contributed by atoms with E-state index < -0.39 is 0 Å². The quantitative estimate of drug-likeness (QED) is 0.254. The second-order valence-electron chi connectivity index (χ2n) is 5.13. The molecular weight excluding hydrogens is 242 g/mol. The van der Waals surface area contributed by atoms with Gasteiger partial charge in [0.1, 0.15) is 0 Å². The molecule has 1 aliphatic carbocycles. The zero-order chi connectivity index (χ0) is 13.9. The molecule has 110 valence electrons.